The molecule has 6 nitrogen and oxygen atoms in total. The summed E-state index contributed by atoms with van der Waals surface area (Å²) >= 11 is 11.8. The molecule has 0 spiro atoms. The third kappa shape index (κ3) is 4.03. The topological polar surface area (TPSA) is 81.3 Å². The summed E-state index contributed by atoms with van der Waals surface area (Å²) in [5, 5.41) is 9.50. The summed E-state index contributed by atoms with van der Waals surface area (Å²) in [6, 6.07) is 7.94. The predicted octanol–water partition coefficient (Wildman–Crippen LogP) is 2.09. The zero-order valence-electron chi connectivity index (χ0n) is 12.2. The van der Waals surface area contributed by atoms with Gasteiger partial charge in [0.2, 0.25) is 0 Å². The lowest BCUT2D eigenvalue weighted by molar-refractivity contribution is -0.141. The molecule has 0 aliphatic heterocycles. The van der Waals surface area contributed by atoms with Crippen molar-refractivity contribution in [1.82, 2.24) is 9.13 Å². The van der Waals surface area contributed by atoms with Crippen LogP contribution in [0.2, 0.25) is 10.2 Å². The van der Waals surface area contributed by atoms with Crippen LogP contribution in [-0.4, -0.2) is 20.2 Å². The van der Waals surface area contributed by atoms with Crippen molar-refractivity contribution in [3.8, 4) is 0 Å². The SMILES string of the molecule is C[C@@H](Cn1c(=O)cc(Cl)n(Cc2ccc(Cl)cc2)c1=O)C(=O)O. The Bertz CT molecular complexity index is 840. The molecule has 122 valence electrons. The van der Waals surface area contributed by atoms with E-state index in [9.17, 15) is 14.4 Å². The maximum absolute atomic E-state index is 12.5. The van der Waals surface area contributed by atoms with Crippen LogP contribution in [0.5, 0.6) is 0 Å². The van der Waals surface area contributed by atoms with Crippen molar-refractivity contribution in [3.63, 3.8) is 0 Å². The van der Waals surface area contributed by atoms with Crippen LogP contribution in [0.3, 0.4) is 0 Å². The van der Waals surface area contributed by atoms with Crippen LogP contribution in [-0.2, 0) is 17.9 Å². The van der Waals surface area contributed by atoms with Crippen molar-refractivity contribution in [1.29, 1.82) is 0 Å². The average molecular weight is 357 g/mol. The van der Waals surface area contributed by atoms with E-state index < -0.39 is 23.1 Å². The molecule has 0 saturated carbocycles. The first-order chi connectivity index (χ1) is 10.8. The summed E-state index contributed by atoms with van der Waals surface area (Å²) in [5.74, 6) is -1.96. The standard InChI is InChI=1S/C15H14Cl2N2O4/c1-9(14(21)22)7-19-13(20)6-12(17)18(15(19)23)8-10-2-4-11(16)5-3-10/h2-6,9H,7-8H2,1H3,(H,21,22)/t9-/m0/s1. The molecule has 1 atom stereocenters. The molecule has 0 bridgehead atoms. The highest BCUT2D eigenvalue weighted by Crippen LogP contribution is 2.12. The van der Waals surface area contributed by atoms with Gasteiger partial charge in [0.15, 0.2) is 0 Å². The number of carboxylic acid groups (broad SMARTS) is 1. The smallest absolute Gasteiger partial charge is 0.332 e. The zero-order valence-corrected chi connectivity index (χ0v) is 13.7. The van der Waals surface area contributed by atoms with Gasteiger partial charge in [-0.1, -0.05) is 42.3 Å². The van der Waals surface area contributed by atoms with Crippen LogP contribution < -0.4 is 11.2 Å². The van der Waals surface area contributed by atoms with Gasteiger partial charge in [0.05, 0.1) is 12.5 Å². The summed E-state index contributed by atoms with van der Waals surface area (Å²) in [6.07, 6.45) is 0. The second-order valence-electron chi connectivity index (χ2n) is 5.15. The van der Waals surface area contributed by atoms with Gasteiger partial charge >= 0.3 is 11.7 Å². The number of rotatable bonds is 5. The van der Waals surface area contributed by atoms with E-state index in [0.29, 0.717) is 5.02 Å². The largest absolute Gasteiger partial charge is 0.481 e. The molecule has 0 aliphatic carbocycles. The zero-order chi connectivity index (χ0) is 17.1. The maximum atomic E-state index is 12.5. The van der Waals surface area contributed by atoms with E-state index in [4.69, 9.17) is 28.3 Å². The fraction of sp³-hybridized carbons (Fsp3) is 0.267. The van der Waals surface area contributed by atoms with Crippen molar-refractivity contribution in [2.24, 2.45) is 5.92 Å². The lowest BCUT2D eigenvalue weighted by atomic mass is 10.2. The van der Waals surface area contributed by atoms with Crippen LogP contribution >= 0.6 is 23.2 Å². The van der Waals surface area contributed by atoms with Crippen LogP contribution in [0.1, 0.15) is 12.5 Å². The number of carbonyl (C=O) groups is 1. The van der Waals surface area contributed by atoms with Crippen molar-refractivity contribution in [2.45, 2.75) is 20.0 Å². The van der Waals surface area contributed by atoms with E-state index in [0.717, 1.165) is 16.2 Å². The first kappa shape index (κ1) is 17.3. The molecule has 0 unspecified atom stereocenters. The predicted molar refractivity (Wildman–Crippen MR) is 87.3 cm³/mol. The lowest BCUT2D eigenvalue weighted by Crippen LogP contribution is -2.42. The highest BCUT2D eigenvalue weighted by atomic mass is 35.5. The molecule has 0 aliphatic rings. The molecule has 1 aromatic heterocycles. The molecule has 8 heteroatoms. The number of hydrogen-bond donors (Lipinski definition) is 1. The second kappa shape index (κ2) is 7.02. The van der Waals surface area contributed by atoms with Gasteiger partial charge in [-0.2, -0.15) is 0 Å². The monoisotopic (exact) mass is 356 g/mol. The second-order valence-corrected chi connectivity index (χ2v) is 5.97. The van der Waals surface area contributed by atoms with Gasteiger partial charge in [-0.05, 0) is 17.7 Å². The summed E-state index contributed by atoms with van der Waals surface area (Å²) in [4.78, 5) is 35.3. The van der Waals surface area contributed by atoms with Gasteiger partial charge in [0.1, 0.15) is 5.15 Å². The fourth-order valence-electron chi connectivity index (χ4n) is 2.02. The Kier molecular flexibility index (Phi) is 5.28. The number of nitrogens with zero attached hydrogens (tertiary/aromatic N) is 2. The summed E-state index contributed by atoms with van der Waals surface area (Å²) in [7, 11) is 0. The Morgan fingerprint density at radius 1 is 1.17 bits per heavy atom. The quantitative estimate of drug-likeness (QED) is 0.831. The molecule has 0 fully saturated rings. The van der Waals surface area contributed by atoms with E-state index in [1.54, 1.807) is 24.3 Å². The first-order valence-corrected chi connectivity index (χ1v) is 7.52. The Morgan fingerprint density at radius 2 is 1.78 bits per heavy atom. The number of aromatic nitrogens is 2. The molecule has 0 saturated heterocycles. The molecule has 1 aromatic carbocycles. The molecule has 0 amide bonds. The molecular weight excluding hydrogens is 343 g/mol. The van der Waals surface area contributed by atoms with Crippen LogP contribution in [0.4, 0.5) is 0 Å². The third-order valence-electron chi connectivity index (χ3n) is 3.36. The Balaban J connectivity index is 2.44. The van der Waals surface area contributed by atoms with Gasteiger partial charge in [0, 0.05) is 17.6 Å². The van der Waals surface area contributed by atoms with Crippen molar-refractivity contribution in [3.05, 3.63) is 66.9 Å². The van der Waals surface area contributed by atoms with Gasteiger partial charge in [-0.3, -0.25) is 18.7 Å². The maximum Gasteiger partial charge on any atom is 0.332 e. The minimum atomic E-state index is -1.09. The summed E-state index contributed by atoms with van der Waals surface area (Å²) in [6.45, 7) is 1.35. The van der Waals surface area contributed by atoms with Crippen LogP contribution in [0, 0.1) is 5.92 Å². The van der Waals surface area contributed by atoms with Crippen molar-refractivity contribution >= 4 is 29.2 Å². The summed E-state index contributed by atoms with van der Waals surface area (Å²) in [5.41, 5.74) is -0.499. The number of hydrogen-bond acceptors (Lipinski definition) is 3. The van der Waals surface area contributed by atoms with Gasteiger partial charge in [-0.15, -0.1) is 0 Å². The van der Waals surface area contributed by atoms with E-state index in [1.165, 1.54) is 11.5 Å². The lowest BCUT2D eigenvalue weighted by Gasteiger charge is -2.13. The van der Waals surface area contributed by atoms with Gasteiger partial charge in [0.25, 0.3) is 5.56 Å². The first-order valence-electron chi connectivity index (χ1n) is 6.77. The molecule has 2 rings (SSSR count). The van der Waals surface area contributed by atoms with Crippen LogP contribution in [0.15, 0.2) is 39.9 Å². The Hall–Kier alpha value is -2.05. The molecule has 2 aromatic rings. The molecule has 1 heterocycles. The van der Waals surface area contributed by atoms with Crippen molar-refractivity contribution in [2.75, 3.05) is 0 Å². The third-order valence-corrected chi connectivity index (χ3v) is 3.93. The number of aliphatic carboxylic acids is 1. The molecule has 23 heavy (non-hydrogen) atoms. The normalized spacial score (nSPS) is 12.1. The number of carboxylic acids is 1. The van der Waals surface area contributed by atoms with E-state index >= 15 is 0 Å². The van der Waals surface area contributed by atoms with Gasteiger partial charge < -0.3 is 5.11 Å². The minimum absolute atomic E-state index is 0.00539. The van der Waals surface area contributed by atoms with Crippen LogP contribution in [0.25, 0.3) is 0 Å². The van der Waals surface area contributed by atoms with E-state index in [-0.39, 0.29) is 18.2 Å². The summed E-state index contributed by atoms with van der Waals surface area (Å²) < 4.78 is 2.08. The average Bonchev–Trinajstić information content (AvgIpc) is 2.49. The van der Waals surface area contributed by atoms with E-state index in [2.05, 4.69) is 0 Å². The minimum Gasteiger partial charge on any atom is -0.481 e. The highest BCUT2D eigenvalue weighted by molar-refractivity contribution is 6.30. The Labute approximate surface area is 141 Å². The molecule has 1 N–H and O–H groups in total. The highest BCUT2D eigenvalue weighted by Gasteiger charge is 2.17. The fourth-order valence-corrected chi connectivity index (χ4v) is 2.38. The number of halogens is 2. The van der Waals surface area contributed by atoms with E-state index in [1.807, 2.05) is 0 Å². The molecule has 0 radical (unpaired) electrons. The van der Waals surface area contributed by atoms with Gasteiger partial charge in [-0.25, -0.2) is 4.79 Å². The number of benzene rings is 1. The Morgan fingerprint density at radius 3 is 2.35 bits per heavy atom. The van der Waals surface area contributed by atoms with Crippen molar-refractivity contribution < 1.29 is 9.90 Å². The molecular formula is C15H14Cl2N2O4.